The summed E-state index contributed by atoms with van der Waals surface area (Å²) in [5.41, 5.74) is 3.53. The van der Waals surface area contributed by atoms with Crippen LogP contribution in [0.1, 0.15) is 37.6 Å². The van der Waals surface area contributed by atoms with Crippen molar-refractivity contribution in [2.75, 3.05) is 5.32 Å². The van der Waals surface area contributed by atoms with Gasteiger partial charge < -0.3 is 5.32 Å². The van der Waals surface area contributed by atoms with Gasteiger partial charge in [0.25, 0.3) is 0 Å². The molecule has 1 fully saturated rings. The third-order valence-corrected chi connectivity index (χ3v) is 5.01. The smallest absolute Gasteiger partial charge is 0.0901 e. The van der Waals surface area contributed by atoms with Crippen molar-refractivity contribution in [3.8, 4) is 11.3 Å². The van der Waals surface area contributed by atoms with Gasteiger partial charge in [-0.05, 0) is 37.8 Å². The first-order valence-corrected chi connectivity index (χ1v) is 8.39. The Morgan fingerprint density at radius 1 is 1.25 bits per heavy atom. The molecule has 1 aliphatic rings. The molecule has 1 aromatic carbocycles. The van der Waals surface area contributed by atoms with E-state index in [2.05, 4.69) is 53.8 Å². The first-order chi connectivity index (χ1) is 9.72. The van der Waals surface area contributed by atoms with Crippen LogP contribution in [0.5, 0.6) is 0 Å². The summed E-state index contributed by atoms with van der Waals surface area (Å²) in [7, 11) is 0. The lowest BCUT2D eigenvalue weighted by molar-refractivity contribution is 0.349. The van der Waals surface area contributed by atoms with E-state index in [0.29, 0.717) is 6.04 Å². The lowest BCUT2D eigenvalue weighted by atomic mass is 9.86. The van der Waals surface area contributed by atoms with E-state index in [4.69, 9.17) is 0 Å². The minimum Gasteiger partial charge on any atom is -0.382 e. The van der Waals surface area contributed by atoms with Gasteiger partial charge in [0.05, 0.1) is 10.7 Å². The van der Waals surface area contributed by atoms with E-state index in [1.165, 1.54) is 36.9 Å². The molecule has 106 valence electrons. The van der Waals surface area contributed by atoms with Crippen molar-refractivity contribution in [2.24, 2.45) is 5.92 Å². The Bertz CT molecular complexity index is 576. The molecule has 0 amide bonds. The lowest BCUT2D eigenvalue weighted by Crippen LogP contribution is -2.30. The monoisotopic (exact) mass is 286 g/mol. The van der Waals surface area contributed by atoms with Gasteiger partial charge in [-0.1, -0.05) is 31.9 Å². The second-order valence-electron chi connectivity index (χ2n) is 5.85. The molecule has 0 spiro atoms. The van der Waals surface area contributed by atoms with Crippen LogP contribution in [0.4, 0.5) is 5.69 Å². The number of benzene rings is 1. The summed E-state index contributed by atoms with van der Waals surface area (Å²) < 4.78 is 0. The molecular formula is C17H22N2S. The number of aromatic nitrogens is 1. The van der Waals surface area contributed by atoms with E-state index < -0.39 is 0 Å². The summed E-state index contributed by atoms with van der Waals surface area (Å²) in [6.07, 6.45) is 5.38. The van der Waals surface area contributed by atoms with Gasteiger partial charge in [0.2, 0.25) is 0 Å². The van der Waals surface area contributed by atoms with Gasteiger partial charge in [-0.15, -0.1) is 11.3 Å². The zero-order chi connectivity index (χ0) is 13.9. The summed E-state index contributed by atoms with van der Waals surface area (Å²) in [6, 6.07) is 9.29. The highest BCUT2D eigenvalue weighted by atomic mass is 32.1. The number of rotatable bonds is 3. The number of aryl methyl sites for hydroxylation is 1. The first-order valence-electron chi connectivity index (χ1n) is 7.51. The largest absolute Gasteiger partial charge is 0.382 e. The Balaban J connectivity index is 1.77. The van der Waals surface area contributed by atoms with Crippen molar-refractivity contribution in [1.82, 2.24) is 4.98 Å². The van der Waals surface area contributed by atoms with Crippen LogP contribution in [-0.4, -0.2) is 11.0 Å². The fourth-order valence-corrected chi connectivity index (χ4v) is 3.63. The molecule has 0 radical (unpaired) electrons. The number of nitrogens with one attached hydrogen (secondary N) is 1. The summed E-state index contributed by atoms with van der Waals surface area (Å²) >= 11 is 1.71. The van der Waals surface area contributed by atoms with Gasteiger partial charge in [-0.2, -0.15) is 0 Å². The van der Waals surface area contributed by atoms with Crippen LogP contribution >= 0.6 is 11.3 Å². The molecule has 1 N–H and O–H groups in total. The minimum absolute atomic E-state index is 0.621. The Labute approximate surface area is 125 Å². The fraction of sp³-hybridized carbons (Fsp3) is 0.471. The van der Waals surface area contributed by atoms with Gasteiger partial charge in [0.1, 0.15) is 0 Å². The number of thiazole rings is 1. The van der Waals surface area contributed by atoms with E-state index in [9.17, 15) is 0 Å². The van der Waals surface area contributed by atoms with Crippen LogP contribution < -0.4 is 5.32 Å². The van der Waals surface area contributed by atoms with E-state index in [0.717, 1.165) is 16.6 Å². The third-order valence-electron chi connectivity index (χ3n) is 4.24. The summed E-state index contributed by atoms with van der Waals surface area (Å²) in [5.74, 6) is 0.772. The number of hydrogen-bond donors (Lipinski definition) is 1. The van der Waals surface area contributed by atoms with E-state index in [1.54, 1.807) is 11.3 Å². The lowest BCUT2D eigenvalue weighted by Gasteiger charge is -2.30. The van der Waals surface area contributed by atoms with E-state index >= 15 is 0 Å². The Hall–Kier alpha value is -1.35. The second-order valence-corrected chi connectivity index (χ2v) is 6.91. The maximum Gasteiger partial charge on any atom is 0.0901 e. The molecule has 1 aliphatic carbocycles. The normalized spacial score (nSPS) is 22.7. The third kappa shape index (κ3) is 3.04. The molecular weight excluding hydrogens is 264 g/mol. The fourth-order valence-electron chi connectivity index (χ4n) is 3.01. The summed E-state index contributed by atoms with van der Waals surface area (Å²) in [5, 5.41) is 6.98. The first kappa shape index (κ1) is 13.6. The van der Waals surface area contributed by atoms with Gasteiger partial charge in [0.15, 0.2) is 0 Å². The van der Waals surface area contributed by atoms with Crippen LogP contribution in [0.15, 0.2) is 29.6 Å². The highest BCUT2D eigenvalue weighted by molar-refractivity contribution is 7.09. The molecule has 20 heavy (non-hydrogen) atoms. The molecule has 0 bridgehead atoms. The zero-order valence-corrected chi connectivity index (χ0v) is 13.0. The highest BCUT2D eigenvalue weighted by Crippen LogP contribution is 2.29. The second kappa shape index (κ2) is 5.96. The molecule has 2 aromatic rings. The van der Waals surface area contributed by atoms with Crippen molar-refractivity contribution in [3.05, 3.63) is 34.7 Å². The van der Waals surface area contributed by atoms with Crippen molar-refractivity contribution >= 4 is 17.0 Å². The van der Waals surface area contributed by atoms with Gasteiger partial charge in [-0.3, -0.25) is 0 Å². The SMILES string of the molecule is Cc1nc(-c2cccc(NC3CCCCC3C)c2)cs1. The van der Waals surface area contributed by atoms with E-state index in [1.807, 2.05) is 0 Å². The predicted octanol–water partition coefficient (Wildman–Crippen LogP) is 5.11. The van der Waals surface area contributed by atoms with Crippen molar-refractivity contribution in [2.45, 2.75) is 45.6 Å². The average Bonchev–Trinajstić information content (AvgIpc) is 2.89. The number of hydrogen-bond acceptors (Lipinski definition) is 3. The number of anilines is 1. The maximum absolute atomic E-state index is 4.57. The zero-order valence-electron chi connectivity index (χ0n) is 12.2. The molecule has 2 unspecified atom stereocenters. The van der Waals surface area contributed by atoms with Crippen LogP contribution in [-0.2, 0) is 0 Å². The molecule has 1 aromatic heterocycles. The minimum atomic E-state index is 0.621. The van der Waals surface area contributed by atoms with Crippen molar-refractivity contribution in [3.63, 3.8) is 0 Å². The number of nitrogens with zero attached hydrogens (tertiary/aromatic N) is 1. The van der Waals surface area contributed by atoms with Crippen molar-refractivity contribution < 1.29 is 0 Å². The molecule has 2 nitrogen and oxygen atoms in total. The maximum atomic E-state index is 4.57. The Morgan fingerprint density at radius 2 is 2.10 bits per heavy atom. The molecule has 0 aliphatic heterocycles. The van der Waals surface area contributed by atoms with Crippen LogP contribution in [0.25, 0.3) is 11.3 Å². The molecule has 3 rings (SSSR count). The molecule has 1 heterocycles. The standard InChI is InChI=1S/C17H22N2S/c1-12-6-3-4-9-16(12)19-15-8-5-7-14(10-15)17-11-20-13(2)18-17/h5,7-8,10-12,16,19H,3-4,6,9H2,1-2H3. The molecule has 1 saturated carbocycles. The average molecular weight is 286 g/mol. The molecule has 3 heteroatoms. The predicted molar refractivity (Wildman–Crippen MR) is 87.3 cm³/mol. The molecule has 0 saturated heterocycles. The van der Waals surface area contributed by atoms with Crippen LogP contribution in [0, 0.1) is 12.8 Å². The van der Waals surface area contributed by atoms with Gasteiger partial charge in [0, 0.05) is 22.7 Å². The van der Waals surface area contributed by atoms with Crippen LogP contribution in [0.2, 0.25) is 0 Å². The summed E-state index contributed by atoms with van der Waals surface area (Å²) in [6.45, 7) is 4.42. The van der Waals surface area contributed by atoms with Gasteiger partial charge in [-0.25, -0.2) is 4.98 Å². The molecule has 2 atom stereocenters. The van der Waals surface area contributed by atoms with E-state index in [-0.39, 0.29) is 0 Å². The van der Waals surface area contributed by atoms with Crippen LogP contribution in [0.3, 0.4) is 0 Å². The summed E-state index contributed by atoms with van der Waals surface area (Å²) in [4.78, 5) is 4.57. The quantitative estimate of drug-likeness (QED) is 0.848. The topological polar surface area (TPSA) is 24.9 Å². The Kier molecular flexibility index (Phi) is 4.06. The van der Waals surface area contributed by atoms with Gasteiger partial charge >= 0.3 is 0 Å². The Morgan fingerprint density at radius 3 is 2.85 bits per heavy atom. The highest BCUT2D eigenvalue weighted by Gasteiger charge is 2.20. The van der Waals surface area contributed by atoms with Crippen molar-refractivity contribution in [1.29, 1.82) is 0 Å².